The van der Waals surface area contributed by atoms with Gasteiger partial charge in [-0.25, -0.2) is 0 Å². The second-order valence-electron chi connectivity index (χ2n) is 2.95. The van der Waals surface area contributed by atoms with Gasteiger partial charge in [0.2, 0.25) is 0 Å². The van der Waals surface area contributed by atoms with Crippen molar-refractivity contribution in [3.8, 4) is 6.07 Å². The molecule has 0 aliphatic carbocycles. The van der Waals surface area contributed by atoms with Crippen LogP contribution < -0.4 is 5.73 Å². The van der Waals surface area contributed by atoms with Crippen molar-refractivity contribution in [2.45, 2.75) is 6.92 Å². The van der Waals surface area contributed by atoms with Gasteiger partial charge in [-0.05, 0) is 25.1 Å². The molecule has 0 amide bonds. The van der Waals surface area contributed by atoms with Gasteiger partial charge in [-0.15, -0.1) is 11.3 Å². The number of aryl methyl sites for hydroxylation is 1. The topological polar surface area (TPSA) is 49.8 Å². The molecule has 0 saturated carbocycles. The van der Waals surface area contributed by atoms with Crippen molar-refractivity contribution in [2.75, 3.05) is 5.73 Å². The lowest BCUT2D eigenvalue weighted by atomic mass is 10.1. The van der Waals surface area contributed by atoms with Gasteiger partial charge >= 0.3 is 0 Å². The predicted octanol–water partition coefficient (Wildman–Crippen LogP) is 2.66. The minimum absolute atomic E-state index is 0.631. The number of nitrogens with two attached hydrogens (primary N) is 1. The van der Waals surface area contributed by atoms with Crippen LogP contribution >= 0.6 is 11.3 Å². The van der Waals surface area contributed by atoms with Crippen LogP contribution in [0.1, 0.15) is 10.4 Å². The SMILES string of the molecule is Cc1cc2c(N)cc(C#N)cc2s1. The zero-order valence-electron chi connectivity index (χ0n) is 7.16. The first kappa shape index (κ1) is 8.09. The lowest BCUT2D eigenvalue weighted by molar-refractivity contribution is 1.50. The van der Waals surface area contributed by atoms with Crippen LogP contribution in [-0.2, 0) is 0 Å². The van der Waals surface area contributed by atoms with Crippen molar-refractivity contribution in [1.82, 2.24) is 0 Å². The molecule has 2 aromatic rings. The van der Waals surface area contributed by atoms with E-state index in [9.17, 15) is 0 Å². The first-order chi connectivity index (χ1) is 6.20. The van der Waals surface area contributed by atoms with Gasteiger partial charge in [-0.3, -0.25) is 0 Å². The fourth-order valence-electron chi connectivity index (χ4n) is 1.36. The molecule has 0 bridgehead atoms. The molecule has 2 nitrogen and oxygen atoms in total. The maximum atomic E-state index is 8.73. The Kier molecular flexibility index (Phi) is 1.71. The van der Waals surface area contributed by atoms with Gasteiger partial charge in [-0.1, -0.05) is 0 Å². The molecule has 64 valence electrons. The number of thiophene rings is 1. The van der Waals surface area contributed by atoms with E-state index >= 15 is 0 Å². The lowest BCUT2D eigenvalue weighted by Crippen LogP contribution is -1.85. The van der Waals surface area contributed by atoms with E-state index in [0.29, 0.717) is 11.3 Å². The van der Waals surface area contributed by atoms with Gasteiger partial charge in [0.05, 0.1) is 11.6 Å². The number of nitrogen functional groups attached to an aromatic ring is 1. The summed E-state index contributed by atoms with van der Waals surface area (Å²) in [4.78, 5) is 1.22. The van der Waals surface area contributed by atoms with Crippen molar-refractivity contribution < 1.29 is 0 Å². The molecule has 2 rings (SSSR count). The van der Waals surface area contributed by atoms with E-state index in [1.165, 1.54) is 4.88 Å². The van der Waals surface area contributed by atoms with E-state index in [4.69, 9.17) is 11.0 Å². The molecule has 2 N–H and O–H groups in total. The van der Waals surface area contributed by atoms with Crippen molar-refractivity contribution in [2.24, 2.45) is 0 Å². The second-order valence-corrected chi connectivity index (χ2v) is 4.23. The summed E-state index contributed by atoms with van der Waals surface area (Å²) in [6, 6.07) is 7.74. The highest BCUT2D eigenvalue weighted by Gasteiger charge is 2.03. The van der Waals surface area contributed by atoms with Gasteiger partial charge < -0.3 is 5.73 Å². The monoisotopic (exact) mass is 188 g/mol. The highest BCUT2D eigenvalue weighted by molar-refractivity contribution is 7.19. The number of benzene rings is 1. The minimum Gasteiger partial charge on any atom is -0.398 e. The highest BCUT2D eigenvalue weighted by Crippen LogP contribution is 2.30. The second kappa shape index (κ2) is 2.75. The van der Waals surface area contributed by atoms with Crippen LogP contribution in [-0.4, -0.2) is 0 Å². The van der Waals surface area contributed by atoms with Gasteiger partial charge in [0.25, 0.3) is 0 Å². The number of nitriles is 1. The average molecular weight is 188 g/mol. The molecule has 0 spiro atoms. The van der Waals surface area contributed by atoms with E-state index in [1.54, 1.807) is 17.4 Å². The zero-order chi connectivity index (χ0) is 9.42. The van der Waals surface area contributed by atoms with E-state index < -0.39 is 0 Å². The summed E-state index contributed by atoms with van der Waals surface area (Å²) >= 11 is 1.66. The number of anilines is 1. The highest BCUT2D eigenvalue weighted by atomic mass is 32.1. The van der Waals surface area contributed by atoms with Crippen molar-refractivity contribution in [3.63, 3.8) is 0 Å². The van der Waals surface area contributed by atoms with E-state index in [-0.39, 0.29) is 0 Å². The summed E-state index contributed by atoms with van der Waals surface area (Å²) < 4.78 is 1.09. The maximum absolute atomic E-state index is 8.73. The number of hydrogen-bond acceptors (Lipinski definition) is 3. The third kappa shape index (κ3) is 1.25. The number of fused-ring (bicyclic) bond motifs is 1. The van der Waals surface area contributed by atoms with Crippen LogP contribution in [0.2, 0.25) is 0 Å². The first-order valence-electron chi connectivity index (χ1n) is 3.90. The number of hydrogen-bond donors (Lipinski definition) is 1. The molecule has 0 saturated heterocycles. The normalized spacial score (nSPS) is 10.2. The fraction of sp³-hybridized carbons (Fsp3) is 0.100. The van der Waals surface area contributed by atoms with Crippen molar-refractivity contribution in [1.29, 1.82) is 5.26 Å². The summed E-state index contributed by atoms with van der Waals surface area (Å²) in [5.74, 6) is 0. The lowest BCUT2D eigenvalue weighted by Gasteiger charge is -1.95. The Hall–Kier alpha value is -1.53. The van der Waals surface area contributed by atoms with E-state index in [0.717, 1.165) is 10.1 Å². The molecular weight excluding hydrogens is 180 g/mol. The standard InChI is InChI=1S/C10H8N2S/c1-6-2-8-9(12)3-7(5-11)4-10(8)13-6/h2-4H,12H2,1H3. The summed E-state index contributed by atoms with van der Waals surface area (Å²) in [5, 5.41) is 9.78. The number of nitrogens with zero attached hydrogens (tertiary/aromatic N) is 1. The van der Waals surface area contributed by atoms with Gasteiger partial charge in [-0.2, -0.15) is 5.26 Å². The Morgan fingerprint density at radius 1 is 1.38 bits per heavy atom. The van der Waals surface area contributed by atoms with Crippen molar-refractivity contribution >= 4 is 27.1 Å². The van der Waals surface area contributed by atoms with Crippen LogP contribution in [0.5, 0.6) is 0 Å². The van der Waals surface area contributed by atoms with Crippen molar-refractivity contribution in [3.05, 3.63) is 28.6 Å². The van der Waals surface area contributed by atoms with Crippen LogP contribution in [0.4, 0.5) is 5.69 Å². The molecule has 0 aliphatic rings. The van der Waals surface area contributed by atoms with Crippen LogP contribution in [0.15, 0.2) is 18.2 Å². The maximum Gasteiger partial charge on any atom is 0.0992 e. The average Bonchev–Trinajstić information content (AvgIpc) is 2.46. The molecule has 3 heteroatoms. The van der Waals surface area contributed by atoms with Gasteiger partial charge in [0.15, 0.2) is 0 Å². The molecule has 13 heavy (non-hydrogen) atoms. The first-order valence-corrected chi connectivity index (χ1v) is 4.72. The molecule has 1 aromatic carbocycles. The smallest absolute Gasteiger partial charge is 0.0992 e. The summed E-state index contributed by atoms with van der Waals surface area (Å²) in [6.07, 6.45) is 0. The minimum atomic E-state index is 0.631. The number of rotatable bonds is 0. The Labute approximate surface area is 80.2 Å². The molecule has 1 aromatic heterocycles. The molecule has 0 radical (unpaired) electrons. The Morgan fingerprint density at radius 2 is 2.15 bits per heavy atom. The largest absolute Gasteiger partial charge is 0.398 e. The molecular formula is C10H8N2S. The summed E-state index contributed by atoms with van der Waals surface area (Å²) in [6.45, 7) is 2.04. The molecule has 0 aliphatic heterocycles. The quantitative estimate of drug-likeness (QED) is 0.646. The fourth-order valence-corrected chi connectivity index (χ4v) is 2.35. The van der Waals surface area contributed by atoms with Crippen LogP contribution in [0.3, 0.4) is 0 Å². The van der Waals surface area contributed by atoms with Gasteiger partial charge in [0.1, 0.15) is 0 Å². The van der Waals surface area contributed by atoms with E-state index in [1.807, 2.05) is 13.0 Å². The third-order valence-corrected chi connectivity index (χ3v) is 2.92. The Bertz CT molecular complexity index is 505. The molecule has 0 atom stereocenters. The molecule has 0 unspecified atom stereocenters. The predicted molar refractivity (Wildman–Crippen MR) is 55.7 cm³/mol. The zero-order valence-corrected chi connectivity index (χ0v) is 7.98. The van der Waals surface area contributed by atoms with E-state index in [2.05, 4.69) is 12.1 Å². The molecule has 0 fully saturated rings. The Balaban J connectivity index is 2.85. The molecule has 1 heterocycles. The Morgan fingerprint density at radius 3 is 2.85 bits per heavy atom. The summed E-state index contributed by atoms with van der Waals surface area (Å²) in [7, 11) is 0. The third-order valence-electron chi connectivity index (χ3n) is 1.92. The summed E-state index contributed by atoms with van der Waals surface area (Å²) in [5.41, 5.74) is 7.13. The van der Waals surface area contributed by atoms with Gasteiger partial charge in [0, 0.05) is 20.7 Å². The van der Waals surface area contributed by atoms with Crippen LogP contribution in [0, 0.1) is 18.3 Å². The van der Waals surface area contributed by atoms with Crippen LogP contribution in [0.25, 0.3) is 10.1 Å².